The predicted molar refractivity (Wildman–Crippen MR) is 48.1 cm³/mol. The largest absolute Gasteiger partial charge is 0.347 e. The van der Waals surface area contributed by atoms with E-state index in [1.165, 1.54) is 25.9 Å². The summed E-state index contributed by atoms with van der Waals surface area (Å²) in [7, 11) is 0. The van der Waals surface area contributed by atoms with E-state index in [1.807, 2.05) is 0 Å². The van der Waals surface area contributed by atoms with E-state index in [9.17, 15) is 0 Å². The van der Waals surface area contributed by atoms with Gasteiger partial charge in [0.15, 0.2) is 0 Å². The number of quaternary nitrogens is 2. The van der Waals surface area contributed by atoms with Crippen LogP contribution < -0.4 is 10.6 Å². The molecule has 4 N–H and O–H groups in total. The predicted octanol–water partition coefficient (Wildman–Crippen LogP) is -2.09. The summed E-state index contributed by atoms with van der Waals surface area (Å²) in [5.74, 6) is 11.5. The first-order valence-corrected chi connectivity index (χ1v) is 4.52. The molecule has 64 valence electrons. The molecule has 1 aliphatic rings. The van der Waals surface area contributed by atoms with Gasteiger partial charge in [-0.05, 0) is 23.7 Å². The normalized spacial score (nSPS) is 16.1. The van der Waals surface area contributed by atoms with Gasteiger partial charge in [-0.3, -0.25) is 0 Å². The summed E-state index contributed by atoms with van der Waals surface area (Å²) in [4.78, 5) is 1.61. The zero-order chi connectivity index (χ0) is 8.65. The topological polar surface area (TPSA) is 32.1 Å². The van der Waals surface area contributed by atoms with Gasteiger partial charge in [-0.25, -0.2) is 0 Å². The van der Waals surface area contributed by atoms with E-state index < -0.39 is 0 Å². The molecule has 1 saturated heterocycles. The van der Waals surface area contributed by atoms with Gasteiger partial charge in [0, 0.05) is 12.8 Å². The lowest BCUT2D eigenvalue weighted by molar-refractivity contribution is -0.879. The van der Waals surface area contributed by atoms with Crippen molar-refractivity contribution >= 4 is 0 Å². The van der Waals surface area contributed by atoms with Crippen LogP contribution in [0.5, 0.6) is 0 Å². The SMILES string of the molecule is [NH3+]CC#CC#CC[NH+]1CCCC1. The van der Waals surface area contributed by atoms with Crippen LogP contribution in [-0.4, -0.2) is 26.2 Å². The monoisotopic (exact) mass is 164 g/mol. The summed E-state index contributed by atoms with van der Waals surface area (Å²) in [5.41, 5.74) is 3.61. The van der Waals surface area contributed by atoms with Gasteiger partial charge in [0.2, 0.25) is 0 Å². The smallest absolute Gasteiger partial charge is 0.140 e. The second-order valence-corrected chi connectivity index (χ2v) is 2.99. The molecule has 2 nitrogen and oxygen atoms in total. The maximum Gasteiger partial charge on any atom is 0.140 e. The van der Waals surface area contributed by atoms with Crippen molar-refractivity contribution in [2.24, 2.45) is 0 Å². The molecule has 1 fully saturated rings. The van der Waals surface area contributed by atoms with Gasteiger partial charge in [-0.15, -0.1) is 0 Å². The quantitative estimate of drug-likeness (QED) is 0.417. The number of hydrogen-bond acceptors (Lipinski definition) is 0. The molecular formula is C10H16N2+2. The van der Waals surface area contributed by atoms with Crippen LogP contribution in [0.25, 0.3) is 0 Å². The highest BCUT2D eigenvalue weighted by molar-refractivity contribution is 5.25. The molecule has 0 spiro atoms. The Labute approximate surface area is 74.1 Å². The molecule has 0 radical (unpaired) electrons. The minimum Gasteiger partial charge on any atom is -0.347 e. The first-order chi connectivity index (χ1) is 5.93. The Morgan fingerprint density at radius 1 is 1.08 bits per heavy atom. The van der Waals surface area contributed by atoms with Gasteiger partial charge in [-0.2, -0.15) is 0 Å². The van der Waals surface area contributed by atoms with Gasteiger partial charge in [0.05, 0.1) is 13.1 Å². The minimum atomic E-state index is 0.658. The average molecular weight is 164 g/mol. The number of rotatable bonds is 1. The van der Waals surface area contributed by atoms with Crippen LogP contribution in [0, 0.1) is 23.7 Å². The first kappa shape index (κ1) is 9.13. The van der Waals surface area contributed by atoms with Crippen LogP contribution in [0.1, 0.15) is 12.8 Å². The van der Waals surface area contributed by atoms with Crippen molar-refractivity contribution in [2.75, 3.05) is 26.2 Å². The molecule has 0 aliphatic carbocycles. The molecule has 0 atom stereocenters. The molecule has 0 bridgehead atoms. The van der Waals surface area contributed by atoms with E-state index in [-0.39, 0.29) is 0 Å². The molecule has 0 saturated carbocycles. The van der Waals surface area contributed by atoms with Crippen molar-refractivity contribution in [1.29, 1.82) is 0 Å². The molecular weight excluding hydrogens is 148 g/mol. The van der Waals surface area contributed by atoms with Gasteiger partial charge in [0.25, 0.3) is 0 Å². The van der Waals surface area contributed by atoms with Gasteiger partial charge >= 0.3 is 0 Å². The fraction of sp³-hybridized carbons (Fsp3) is 0.600. The zero-order valence-electron chi connectivity index (χ0n) is 7.45. The van der Waals surface area contributed by atoms with Crippen LogP contribution in [0.4, 0.5) is 0 Å². The summed E-state index contributed by atoms with van der Waals surface area (Å²) < 4.78 is 0. The lowest BCUT2D eigenvalue weighted by atomic mass is 10.4. The summed E-state index contributed by atoms with van der Waals surface area (Å²) in [6, 6.07) is 0. The van der Waals surface area contributed by atoms with E-state index in [0.29, 0.717) is 6.54 Å². The second kappa shape index (κ2) is 5.66. The van der Waals surface area contributed by atoms with Crippen LogP contribution in [0.2, 0.25) is 0 Å². The summed E-state index contributed by atoms with van der Waals surface area (Å²) in [6.07, 6.45) is 2.73. The number of hydrogen-bond donors (Lipinski definition) is 2. The summed E-state index contributed by atoms with van der Waals surface area (Å²) in [6.45, 7) is 4.20. The van der Waals surface area contributed by atoms with Crippen molar-refractivity contribution in [2.45, 2.75) is 12.8 Å². The molecule has 1 heterocycles. The molecule has 0 unspecified atom stereocenters. The highest BCUT2D eigenvalue weighted by atomic mass is 15.1. The Balaban J connectivity index is 2.17. The van der Waals surface area contributed by atoms with Gasteiger partial charge < -0.3 is 10.6 Å². The number of likely N-dealkylation sites (tertiary alicyclic amines) is 1. The highest BCUT2D eigenvalue weighted by Gasteiger charge is 2.12. The Morgan fingerprint density at radius 2 is 1.75 bits per heavy atom. The van der Waals surface area contributed by atoms with Crippen molar-refractivity contribution in [3.63, 3.8) is 0 Å². The van der Waals surface area contributed by atoms with Crippen molar-refractivity contribution in [3.05, 3.63) is 0 Å². The van der Waals surface area contributed by atoms with Gasteiger partial charge in [-0.1, -0.05) is 0 Å². The fourth-order valence-corrected chi connectivity index (χ4v) is 1.37. The lowest BCUT2D eigenvalue weighted by Gasteiger charge is -2.05. The summed E-state index contributed by atoms with van der Waals surface area (Å²) in [5, 5.41) is 0. The Kier molecular flexibility index (Phi) is 4.31. The Bertz CT molecular complexity index is 230. The molecule has 0 aromatic heterocycles. The molecule has 1 rings (SSSR count). The van der Waals surface area contributed by atoms with Crippen molar-refractivity contribution in [3.8, 4) is 23.7 Å². The van der Waals surface area contributed by atoms with Gasteiger partial charge in [0.1, 0.15) is 13.1 Å². The Morgan fingerprint density at radius 3 is 2.42 bits per heavy atom. The maximum absolute atomic E-state index is 3.61. The fourth-order valence-electron chi connectivity index (χ4n) is 1.37. The lowest BCUT2D eigenvalue weighted by Crippen LogP contribution is -3.09. The molecule has 0 amide bonds. The molecule has 0 aromatic rings. The van der Waals surface area contributed by atoms with E-state index in [0.717, 1.165) is 6.54 Å². The second-order valence-electron chi connectivity index (χ2n) is 2.99. The van der Waals surface area contributed by atoms with E-state index >= 15 is 0 Å². The number of nitrogens with one attached hydrogen (secondary N) is 1. The highest BCUT2D eigenvalue weighted by Crippen LogP contribution is 1.86. The third-order valence-corrected chi connectivity index (χ3v) is 2.01. The van der Waals surface area contributed by atoms with E-state index in [1.54, 1.807) is 4.90 Å². The Hall–Kier alpha value is -0.960. The zero-order valence-corrected chi connectivity index (χ0v) is 7.45. The molecule has 0 aromatic carbocycles. The van der Waals surface area contributed by atoms with E-state index in [2.05, 4.69) is 29.4 Å². The minimum absolute atomic E-state index is 0.658. The third-order valence-electron chi connectivity index (χ3n) is 2.01. The van der Waals surface area contributed by atoms with Crippen molar-refractivity contribution in [1.82, 2.24) is 0 Å². The van der Waals surface area contributed by atoms with Crippen LogP contribution in [0.15, 0.2) is 0 Å². The molecule has 2 heteroatoms. The van der Waals surface area contributed by atoms with E-state index in [4.69, 9.17) is 0 Å². The standard InChI is InChI=1S/C10H14N2/c11-7-3-1-2-4-8-12-9-5-6-10-12/h5-11H2/p+2. The molecule has 1 aliphatic heterocycles. The van der Waals surface area contributed by atoms with Crippen LogP contribution >= 0.6 is 0 Å². The van der Waals surface area contributed by atoms with Crippen molar-refractivity contribution < 1.29 is 10.6 Å². The maximum atomic E-state index is 3.61. The third kappa shape index (κ3) is 3.44. The first-order valence-electron chi connectivity index (χ1n) is 4.52. The molecule has 12 heavy (non-hydrogen) atoms. The van der Waals surface area contributed by atoms with Crippen LogP contribution in [-0.2, 0) is 0 Å². The summed E-state index contributed by atoms with van der Waals surface area (Å²) >= 11 is 0. The van der Waals surface area contributed by atoms with Crippen LogP contribution in [0.3, 0.4) is 0 Å². The average Bonchev–Trinajstić information content (AvgIpc) is 2.57.